The molecule has 4 rings (SSSR count). The first-order valence-corrected chi connectivity index (χ1v) is 13.8. The van der Waals surface area contributed by atoms with Crippen LogP contribution < -0.4 is 0 Å². The highest BCUT2D eigenvalue weighted by Crippen LogP contribution is 2.76. The van der Waals surface area contributed by atoms with Crippen molar-refractivity contribution in [1.29, 1.82) is 0 Å². The highest BCUT2D eigenvalue weighted by atomic mass is 16.4. The molecule has 0 bridgehead atoms. The molecule has 0 aromatic carbocycles. The van der Waals surface area contributed by atoms with Crippen LogP contribution in [0.25, 0.3) is 0 Å². The summed E-state index contributed by atoms with van der Waals surface area (Å²) in [5, 5.41) is 31.8. The van der Waals surface area contributed by atoms with Gasteiger partial charge in [0.15, 0.2) is 0 Å². The molecule has 5 nitrogen and oxygen atoms in total. The fourth-order valence-corrected chi connectivity index (χ4v) is 10.8. The summed E-state index contributed by atoms with van der Waals surface area (Å²) in [6, 6.07) is 0. The van der Waals surface area contributed by atoms with Crippen LogP contribution in [0.2, 0.25) is 0 Å². The largest absolute Gasteiger partial charge is 0.481 e. The summed E-state index contributed by atoms with van der Waals surface area (Å²) in [7, 11) is 0. The van der Waals surface area contributed by atoms with Gasteiger partial charge in [0.05, 0.1) is 17.9 Å². The molecule has 0 aromatic rings. The Balaban J connectivity index is 1.82. The minimum absolute atomic E-state index is 0.00648. The van der Waals surface area contributed by atoms with Crippen molar-refractivity contribution in [3.8, 4) is 0 Å². The predicted molar refractivity (Wildman–Crippen MR) is 137 cm³/mol. The Labute approximate surface area is 211 Å². The summed E-state index contributed by atoms with van der Waals surface area (Å²) >= 11 is 0. The van der Waals surface area contributed by atoms with Gasteiger partial charge in [-0.05, 0) is 117 Å². The quantitative estimate of drug-likeness (QED) is 0.389. The molecule has 4 saturated carbocycles. The van der Waals surface area contributed by atoms with E-state index >= 15 is 0 Å². The molecule has 4 fully saturated rings. The van der Waals surface area contributed by atoms with E-state index in [9.17, 15) is 24.9 Å². The molecule has 10 unspecified atom stereocenters. The number of hydrogen-bond acceptors (Lipinski definition) is 3. The summed E-state index contributed by atoms with van der Waals surface area (Å²) < 4.78 is 0. The van der Waals surface area contributed by atoms with E-state index in [2.05, 4.69) is 41.2 Å². The van der Waals surface area contributed by atoms with Crippen LogP contribution in [0.5, 0.6) is 0 Å². The van der Waals surface area contributed by atoms with Gasteiger partial charge in [0, 0.05) is 0 Å². The van der Waals surface area contributed by atoms with Crippen molar-refractivity contribution in [2.24, 2.45) is 56.7 Å². The van der Waals surface area contributed by atoms with Gasteiger partial charge < -0.3 is 15.3 Å². The zero-order valence-electron chi connectivity index (χ0n) is 23.0. The Morgan fingerprint density at radius 1 is 0.971 bits per heavy atom. The Morgan fingerprint density at radius 2 is 1.60 bits per heavy atom. The van der Waals surface area contributed by atoms with Gasteiger partial charge in [-0.15, -0.1) is 0 Å². The predicted octanol–water partition coefficient (Wildman–Crippen LogP) is 6.40. The van der Waals surface area contributed by atoms with Gasteiger partial charge in [-0.25, -0.2) is 0 Å². The number of allylic oxidation sites excluding steroid dienone is 1. The lowest BCUT2D eigenvalue weighted by Crippen LogP contribution is -2.67. The van der Waals surface area contributed by atoms with E-state index in [4.69, 9.17) is 0 Å². The number of aliphatic carboxylic acids is 2. The molecular formula is C30H48O5. The van der Waals surface area contributed by atoms with Crippen molar-refractivity contribution in [2.75, 3.05) is 0 Å². The lowest BCUT2D eigenvalue weighted by Gasteiger charge is -2.71. The molecule has 4 aliphatic rings. The average Bonchev–Trinajstić information content (AvgIpc) is 3.07. The van der Waals surface area contributed by atoms with Gasteiger partial charge in [-0.1, -0.05) is 39.8 Å². The van der Waals surface area contributed by atoms with Gasteiger partial charge >= 0.3 is 11.9 Å². The number of aliphatic hydroxyl groups excluding tert-OH is 1. The smallest absolute Gasteiger partial charge is 0.309 e. The second kappa shape index (κ2) is 8.07. The third kappa shape index (κ3) is 3.42. The molecule has 0 aromatic heterocycles. The maximum atomic E-state index is 12.3. The van der Waals surface area contributed by atoms with Gasteiger partial charge in [-0.3, -0.25) is 9.59 Å². The van der Waals surface area contributed by atoms with E-state index in [0.717, 1.165) is 38.5 Å². The Hall–Kier alpha value is -1.36. The molecule has 10 atom stereocenters. The van der Waals surface area contributed by atoms with Crippen LogP contribution in [0.15, 0.2) is 12.2 Å². The zero-order valence-corrected chi connectivity index (χ0v) is 23.0. The number of hydrogen-bond donors (Lipinski definition) is 3. The van der Waals surface area contributed by atoms with Crippen molar-refractivity contribution >= 4 is 11.9 Å². The molecule has 0 spiro atoms. The molecule has 35 heavy (non-hydrogen) atoms. The summed E-state index contributed by atoms with van der Waals surface area (Å²) in [5.74, 6) is -0.524. The van der Waals surface area contributed by atoms with E-state index in [1.165, 1.54) is 5.57 Å². The van der Waals surface area contributed by atoms with Gasteiger partial charge in [0.25, 0.3) is 0 Å². The van der Waals surface area contributed by atoms with Crippen LogP contribution in [-0.4, -0.2) is 33.4 Å². The monoisotopic (exact) mass is 488 g/mol. The SMILES string of the molecule is C=C(C)C1CCC2(C)C(O)CC3(C)C(CCC4C(C)(CC(=O)O)C(C(C)(C)C(=O)O)CCC43C)C12. The highest BCUT2D eigenvalue weighted by Gasteiger charge is 2.71. The van der Waals surface area contributed by atoms with Gasteiger partial charge in [0.1, 0.15) is 0 Å². The number of aliphatic hydroxyl groups is 1. The van der Waals surface area contributed by atoms with Crippen molar-refractivity contribution in [2.45, 2.75) is 106 Å². The van der Waals surface area contributed by atoms with Crippen LogP contribution in [0.3, 0.4) is 0 Å². The topological polar surface area (TPSA) is 94.8 Å². The maximum absolute atomic E-state index is 12.3. The van der Waals surface area contributed by atoms with E-state index in [1.54, 1.807) is 13.8 Å². The van der Waals surface area contributed by atoms with E-state index < -0.39 is 22.8 Å². The van der Waals surface area contributed by atoms with Crippen molar-refractivity contribution in [1.82, 2.24) is 0 Å². The van der Waals surface area contributed by atoms with Crippen LogP contribution in [0.1, 0.15) is 99.8 Å². The van der Waals surface area contributed by atoms with Crippen molar-refractivity contribution in [3.05, 3.63) is 12.2 Å². The van der Waals surface area contributed by atoms with Gasteiger partial charge in [-0.2, -0.15) is 0 Å². The molecule has 0 aliphatic heterocycles. The maximum Gasteiger partial charge on any atom is 0.309 e. The van der Waals surface area contributed by atoms with Crippen LogP contribution in [0, 0.1) is 56.7 Å². The highest BCUT2D eigenvalue weighted by molar-refractivity contribution is 5.75. The van der Waals surface area contributed by atoms with Gasteiger partial charge in [0.2, 0.25) is 0 Å². The molecule has 0 amide bonds. The molecule has 0 heterocycles. The van der Waals surface area contributed by atoms with Crippen LogP contribution >= 0.6 is 0 Å². The minimum atomic E-state index is -0.996. The number of carbonyl (C=O) groups is 2. The fourth-order valence-electron chi connectivity index (χ4n) is 10.8. The second-order valence-electron chi connectivity index (χ2n) is 14.5. The molecule has 0 saturated heterocycles. The Bertz CT molecular complexity index is 924. The minimum Gasteiger partial charge on any atom is -0.481 e. The third-order valence-corrected chi connectivity index (χ3v) is 12.8. The summed E-state index contributed by atoms with van der Waals surface area (Å²) in [4.78, 5) is 24.6. The molecule has 5 heteroatoms. The number of fused-ring (bicyclic) bond motifs is 5. The first-order valence-electron chi connectivity index (χ1n) is 13.8. The average molecular weight is 489 g/mol. The summed E-state index contributed by atoms with van der Waals surface area (Å²) in [6.45, 7) is 19.1. The molecule has 3 N–H and O–H groups in total. The first-order chi connectivity index (χ1) is 16.0. The van der Waals surface area contributed by atoms with Crippen molar-refractivity contribution in [3.63, 3.8) is 0 Å². The number of rotatable bonds is 5. The van der Waals surface area contributed by atoms with E-state index in [1.807, 2.05) is 0 Å². The van der Waals surface area contributed by atoms with Crippen LogP contribution in [0.4, 0.5) is 0 Å². The van der Waals surface area contributed by atoms with Crippen molar-refractivity contribution < 1.29 is 24.9 Å². The lowest BCUT2D eigenvalue weighted by atomic mass is 9.33. The normalized spacial score (nSPS) is 49.5. The molecular weight excluding hydrogens is 440 g/mol. The molecule has 0 radical (unpaired) electrons. The Kier molecular flexibility index (Phi) is 6.15. The first kappa shape index (κ1) is 26.7. The molecule has 4 aliphatic carbocycles. The number of carboxylic acids is 2. The molecule has 198 valence electrons. The summed E-state index contributed by atoms with van der Waals surface area (Å²) in [5.41, 5.74) is -0.770. The lowest BCUT2D eigenvalue weighted by molar-refractivity contribution is -0.248. The fraction of sp³-hybridized carbons (Fsp3) is 0.867. The third-order valence-electron chi connectivity index (χ3n) is 12.8. The summed E-state index contributed by atoms with van der Waals surface area (Å²) in [6.07, 6.45) is 6.02. The van der Waals surface area contributed by atoms with Crippen LogP contribution in [-0.2, 0) is 9.59 Å². The standard InChI is InChI=1S/C30H48O5/c1-17(2)18-11-13-27(5)22(31)15-30(8)19(24(18)27)9-10-21-28(6,16-23(32)33)20(12-14-29(21,30)7)26(3,4)25(34)35/h18-22,24,31H,1,9-16H2,2-8H3,(H,32,33)(H,34,35). The number of carboxylic acid groups (broad SMARTS) is 2. The Morgan fingerprint density at radius 3 is 2.14 bits per heavy atom. The zero-order chi connectivity index (χ0) is 26.4. The van der Waals surface area contributed by atoms with E-state index in [-0.39, 0.29) is 40.6 Å². The second-order valence-corrected chi connectivity index (χ2v) is 14.5. The van der Waals surface area contributed by atoms with E-state index in [0.29, 0.717) is 24.2 Å².